The highest BCUT2D eigenvalue weighted by Crippen LogP contribution is 2.43. The number of hydrogen-bond acceptors (Lipinski definition) is 2. The van der Waals surface area contributed by atoms with E-state index in [1.165, 1.54) is 32.8 Å². The topological polar surface area (TPSA) is 21.3 Å². The van der Waals surface area contributed by atoms with Gasteiger partial charge in [-0.25, -0.2) is 4.39 Å². The summed E-state index contributed by atoms with van der Waals surface area (Å²) >= 11 is 0. The normalized spacial score (nSPS) is 17.3. The van der Waals surface area contributed by atoms with E-state index in [1.54, 1.807) is 12.1 Å². The largest absolute Gasteiger partial charge is 0.494 e. The molecule has 0 amide bonds. The van der Waals surface area contributed by atoms with Crippen LogP contribution in [-0.2, 0) is 6.54 Å². The van der Waals surface area contributed by atoms with E-state index in [2.05, 4.69) is 12.2 Å². The quantitative estimate of drug-likeness (QED) is 0.835. The lowest BCUT2D eigenvalue weighted by Crippen LogP contribution is -2.39. The average Bonchev–Trinajstić information content (AvgIpc) is 2.33. The summed E-state index contributed by atoms with van der Waals surface area (Å²) in [6.45, 7) is 4.02. The van der Waals surface area contributed by atoms with Crippen LogP contribution in [0.4, 0.5) is 4.39 Å². The van der Waals surface area contributed by atoms with E-state index in [1.807, 2.05) is 6.07 Å². The molecule has 1 N–H and O–H groups in total. The molecule has 0 aromatic heterocycles. The van der Waals surface area contributed by atoms with E-state index in [4.69, 9.17) is 4.74 Å². The van der Waals surface area contributed by atoms with Crippen molar-refractivity contribution in [2.24, 2.45) is 5.41 Å². The van der Waals surface area contributed by atoms with Crippen LogP contribution in [-0.4, -0.2) is 13.7 Å². The van der Waals surface area contributed by atoms with Gasteiger partial charge < -0.3 is 10.1 Å². The van der Waals surface area contributed by atoms with Crippen LogP contribution in [0.2, 0.25) is 0 Å². The van der Waals surface area contributed by atoms with Crippen LogP contribution in [0.3, 0.4) is 0 Å². The Bertz CT molecular complexity index is 396. The fourth-order valence-electron chi connectivity index (χ4n) is 2.62. The lowest BCUT2D eigenvalue weighted by atomic mass is 9.67. The fourth-order valence-corrected chi connectivity index (χ4v) is 2.62. The standard InChI is InChI=1S/C15H22FNO/c1-3-15(7-4-8-15)11-17-10-12-5-6-14(18-2)13(16)9-12/h5-6,9,17H,3-4,7-8,10-11H2,1-2H3. The molecule has 1 aliphatic rings. The van der Waals surface area contributed by atoms with Crippen LogP contribution < -0.4 is 10.1 Å². The molecule has 0 saturated heterocycles. The Kier molecular flexibility index (Phi) is 4.23. The SMILES string of the molecule is CCC1(CNCc2ccc(OC)c(F)c2)CCC1. The van der Waals surface area contributed by atoms with Crippen molar-refractivity contribution in [1.82, 2.24) is 5.32 Å². The second-order valence-electron chi connectivity index (χ2n) is 5.28. The molecule has 0 bridgehead atoms. The highest BCUT2D eigenvalue weighted by atomic mass is 19.1. The molecule has 1 aromatic carbocycles. The van der Waals surface area contributed by atoms with E-state index >= 15 is 0 Å². The van der Waals surface area contributed by atoms with E-state index in [0.717, 1.165) is 18.7 Å². The van der Waals surface area contributed by atoms with E-state index in [0.29, 0.717) is 11.2 Å². The Hall–Kier alpha value is -1.09. The molecule has 0 radical (unpaired) electrons. The van der Waals surface area contributed by atoms with Gasteiger partial charge >= 0.3 is 0 Å². The van der Waals surface area contributed by atoms with Gasteiger partial charge in [0.2, 0.25) is 0 Å². The van der Waals surface area contributed by atoms with Gasteiger partial charge in [0.15, 0.2) is 11.6 Å². The first-order valence-corrected chi connectivity index (χ1v) is 6.72. The van der Waals surface area contributed by atoms with Crippen LogP contribution in [0.1, 0.15) is 38.2 Å². The zero-order valence-corrected chi connectivity index (χ0v) is 11.3. The summed E-state index contributed by atoms with van der Waals surface area (Å²) in [6, 6.07) is 5.14. The van der Waals surface area contributed by atoms with Gasteiger partial charge in [-0.15, -0.1) is 0 Å². The summed E-state index contributed by atoms with van der Waals surface area (Å²) in [6.07, 6.45) is 5.24. The molecule has 1 aromatic rings. The van der Waals surface area contributed by atoms with Gasteiger partial charge in [-0.1, -0.05) is 19.4 Å². The monoisotopic (exact) mass is 251 g/mol. The van der Waals surface area contributed by atoms with E-state index < -0.39 is 0 Å². The van der Waals surface area contributed by atoms with Gasteiger partial charge in [0, 0.05) is 13.1 Å². The fraction of sp³-hybridized carbons (Fsp3) is 0.600. The van der Waals surface area contributed by atoms with Gasteiger partial charge in [-0.2, -0.15) is 0 Å². The minimum absolute atomic E-state index is 0.286. The second kappa shape index (κ2) is 5.70. The summed E-state index contributed by atoms with van der Waals surface area (Å²) in [5.74, 6) is 0.0217. The average molecular weight is 251 g/mol. The van der Waals surface area contributed by atoms with Crippen molar-refractivity contribution in [2.45, 2.75) is 39.2 Å². The van der Waals surface area contributed by atoms with Crippen molar-refractivity contribution >= 4 is 0 Å². The molecule has 0 aliphatic heterocycles. The van der Waals surface area contributed by atoms with Crippen LogP contribution in [0.5, 0.6) is 5.75 Å². The van der Waals surface area contributed by atoms with Crippen molar-refractivity contribution in [3.8, 4) is 5.75 Å². The molecule has 100 valence electrons. The maximum Gasteiger partial charge on any atom is 0.165 e. The van der Waals surface area contributed by atoms with Gasteiger partial charge in [-0.05, 0) is 42.4 Å². The Morgan fingerprint density at radius 1 is 1.39 bits per heavy atom. The molecular formula is C15H22FNO. The second-order valence-corrected chi connectivity index (χ2v) is 5.28. The molecule has 0 spiro atoms. The summed E-state index contributed by atoms with van der Waals surface area (Å²) in [4.78, 5) is 0. The van der Waals surface area contributed by atoms with Gasteiger partial charge in [0.05, 0.1) is 7.11 Å². The molecule has 1 fully saturated rings. The number of benzene rings is 1. The zero-order valence-electron chi connectivity index (χ0n) is 11.3. The molecule has 2 nitrogen and oxygen atoms in total. The third-order valence-corrected chi connectivity index (χ3v) is 4.21. The molecule has 0 atom stereocenters. The summed E-state index contributed by atoms with van der Waals surface area (Å²) in [5.41, 5.74) is 1.48. The summed E-state index contributed by atoms with van der Waals surface area (Å²) in [7, 11) is 1.48. The molecule has 3 heteroatoms. The Morgan fingerprint density at radius 3 is 2.67 bits per heavy atom. The Labute approximate surface area is 109 Å². The van der Waals surface area contributed by atoms with Crippen molar-refractivity contribution in [3.63, 3.8) is 0 Å². The van der Waals surface area contributed by atoms with E-state index in [9.17, 15) is 4.39 Å². The van der Waals surface area contributed by atoms with Crippen molar-refractivity contribution in [2.75, 3.05) is 13.7 Å². The number of rotatable bonds is 6. The third-order valence-electron chi connectivity index (χ3n) is 4.21. The number of ether oxygens (including phenoxy) is 1. The predicted molar refractivity (Wildman–Crippen MR) is 71.2 cm³/mol. The van der Waals surface area contributed by atoms with Gasteiger partial charge in [-0.3, -0.25) is 0 Å². The minimum Gasteiger partial charge on any atom is -0.494 e. The Balaban J connectivity index is 1.85. The predicted octanol–water partition coefficient (Wildman–Crippen LogP) is 3.50. The first-order valence-electron chi connectivity index (χ1n) is 6.72. The minimum atomic E-state index is -0.286. The summed E-state index contributed by atoms with van der Waals surface area (Å²) in [5, 5.41) is 3.45. The lowest BCUT2D eigenvalue weighted by molar-refractivity contribution is 0.124. The molecule has 0 unspecified atom stereocenters. The number of halogens is 1. The van der Waals surface area contributed by atoms with Crippen LogP contribution in [0, 0.1) is 11.2 Å². The molecule has 1 aliphatic carbocycles. The number of methoxy groups -OCH3 is 1. The Morgan fingerprint density at radius 2 is 2.17 bits per heavy atom. The van der Waals surface area contributed by atoms with Crippen molar-refractivity contribution in [3.05, 3.63) is 29.6 Å². The maximum atomic E-state index is 13.5. The lowest BCUT2D eigenvalue weighted by Gasteiger charge is -2.41. The summed E-state index contributed by atoms with van der Waals surface area (Å²) < 4.78 is 18.4. The van der Waals surface area contributed by atoms with Gasteiger partial charge in [0.1, 0.15) is 0 Å². The van der Waals surface area contributed by atoms with Crippen LogP contribution >= 0.6 is 0 Å². The smallest absolute Gasteiger partial charge is 0.165 e. The van der Waals surface area contributed by atoms with E-state index in [-0.39, 0.29) is 5.82 Å². The third kappa shape index (κ3) is 2.83. The first kappa shape index (κ1) is 13.3. The number of hydrogen-bond donors (Lipinski definition) is 1. The van der Waals surface area contributed by atoms with Crippen molar-refractivity contribution in [1.29, 1.82) is 0 Å². The number of nitrogens with one attached hydrogen (secondary N) is 1. The van der Waals surface area contributed by atoms with Crippen LogP contribution in [0.15, 0.2) is 18.2 Å². The molecular weight excluding hydrogens is 229 g/mol. The first-order chi connectivity index (χ1) is 8.69. The van der Waals surface area contributed by atoms with Crippen molar-refractivity contribution < 1.29 is 9.13 Å². The zero-order chi connectivity index (χ0) is 13.0. The molecule has 0 heterocycles. The highest BCUT2D eigenvalue weighted by Gasteiger charge is 2.34. The molecule has 1 saturated carbocycles. The molecule has 2 rings (SSSR count). The highest BCUT2D eigenvalue weighted by molar-refractivity contribution is 5.29. The maximum absolute atomic E-state index is 13.5. The van der Waals surface area contributed by atoms with Crippen LogP contribution in [0.25, 0.3) is 0 Å². The molecule has 18 heavy (non-hydrogen) atoms. The van der Waals surface area contributed by atoms with Gasteiger partial charge in [0.25, 0.3) is 0 Å².